The third-order valence-electron chi connectivity index (χ3n) is 6.25. The normalized spacial score (nSPS) is 22.8. The number of hydrogen-bond donors (Lipinski definition) is 2. The first kappa shape index (κ1) is 23.6. The average molecular weight is 429 g/mol. The highest BCUT2D eigenvalue weighted by atomic mass is 16.5. The lowest BCUT2D eigenvalue weighted by Crippen LogP contribution is -2.40. The Kier molecular flexibility index (Phi) is 9.66. The van der Waals surface area contributed by atoms with Crippen LogP contribution in [0.15, 0.2) is 29.3 Å². The summed E-state index contributed by atoms with van der Waals surface area (Å²) in [5.41, 5.74) is 2.53. The van der Waals surface area contributed by atoms with Crippen LogP contribution in [-0.4, -0.2) is 56.1 Å². The van der Waals surface area contributed by atoms with Crippen molar-refractivity contribution in [2.45, 2.75) is 64.9 Å². The predicted octanol–water partition coefficient (Wildman–Crippen LogP) is 3.81. The van der Waals surface area contributed by atoms with E-state index in [-0.39, 0.29) is 6.10 Å². The Bertz CT molecular complexity index is 704. The summed E-state index contributed by atoms with van der Waals surface area (Å²) in [6, 6.07) is 8.70. The molecule has 2 atom stereocenters. The Labute approximate surface area is 187 Å². The highest BCUT2D eigenvalue weighted by Gasteiger charge is 2.27. The Morgan fingerprint density at radius 1 is 1.16 bits per heavy atom. The van der Waals surface area contributed by atoms with E-state index in [1.54, 1.807) is 0 Å². The van der Waals surface area contributed by atoms with Gasteiger partial charge in [0, 0.05) is 51.7 Å². The molecule has 2 N–H and O–H groups in total. The summed E-state index contributed by atoms with van der Waals surface area (Å²) in [6.45, 7) is 9.17. The van der Waals surface area contributed by atoms with Gasteiger partial charge in [-0.3, -0.25) is 9.79 Å². The van der Waals surface area contributed by atoms with E-state index < -0.39 is 0 Å². The zero-order valence-electron chi connectivity index (χ0n) is 19.4. The minimum Gasteiger partial charge on any atom is -0.373 e. The maximum atomic E-state index is 12.1. The summed E-state index contributed by atoms with van der Waals surface area (Å²) in [5.74, 6) is 1.57. The number of carbonyl (C=O) groups is 1. The van der Waals surface area contributed by atoms with Gasteiger partial charge in [0.2, 0.25) is 5.91 Å². The minimum absolute atomic E-state index is 0.120. The lowest BCUT2D eigenvalue weighted by Gasteiger charge is -2.31. The van der Waals surface area contributed by atoms with Crippen molar-refractivity contribution < 1.29 is 9.53 Å². The molecule has 172 valence electrons. The average Bonchev–Trinajstić information content (AvgIpc) is 2.99. The van der Waals surface area contributed by atoms with Crippen LogP contribution >= 0.6 is 0 Å². The maximum absolute atomic E-state index is 12.1. The van der Waals surface area contributed by atoms with E-state index in [1.165, 1.54) is 17.5 Å². The number of ether oxygens (including phenoxy) is 1. The molecule has 0 radical (unpaired) electrons. The quantitative estimate of drug-likeness (QED) is 0.375. The van der Waals surface area contributed by atoms with Crippen molar-refractivity contribution in [3.8, 4) is 0 Å². The topological polar surface area (TPSA) is 66.0 Å². The van der Waals surface area contributed by atoms with E-state index in [0.29, 0.717) is 18.2 Å². The van der Waals surface area contributed by atoms with E-state index in [0.717, 1.165) is 77.4 Å². The first-order valence-corrected chi connectivity index (χ1v) is 12.2. The number of aryl methyl sites for hydroxylation is 1. The van der Waals surface area contributed by atoms with Crippen molar-refractivity contribution in [1.29, 1.82) is 0 Å². The van der Waals surface area contributed by atoms with Gasteiger partial charge >= 0.3 is 0 Å². The SMILES string of the molecule is CCNC(=NCC1CCCOC1c1ccc(C)cc1)NCCCN1CCCCCC1=O. The second kappa shape index (κ2) is 12.7. The van der Waals surface area contributed by atoms with Gasteiger partial charge < -0.3 is 20.3 Å². The summed E-state index contributed by atoms with van der Waals surface area (Å²) in [5, 5.41) is 6.81. The number of carbonyl (C=O) groups excluding carboxylic acids is 1. The van der Waals surface area contributed by atoms with E-state index >= 15 is 0 Å². The van der Waals surface area contributed by atoms with Crippen LogP contribution in [0.1, 0.15) is 69.1 Å². The van der Waals surface area contributed by atoms with Crippen LogP contribution in [0.2, 0.25) is 0 Å². The van der Waals surface area contributed by atoms with E-state index in [9.17, 15) is 4.79 Å². The van der Waals surface area contributed by atoms with Crippen molar-refractivity contribution in [2.75, 3.05) is 39.3 Å². The molecule has 6 nitrogen and oxygen atoms in total. The van der Waals surface area contributed by atoms with Crippen molar-refractivity contribution in [3.05, 3.63) is 35.4 Å². The number of likely N-dealkylation sites (tertiary alicyclic amines) is 1. The lowest BCUT2D eigenvalue weighted by atomic mass is 9.89. The molecule has 1 amide bonds. The molecule has 0 spiro atoms. The summed E-state index contributed by atoms with van der Waals surface area (Å²) >= 11 is 0. The van der Waals surface area contributed by atoms with Crippen LogP contribution in [0.25, 0.3) is 0 Å². The van der Waals surface area contributed by atoms with Gasteiger partial charge in [-0.05, 0) is 51.5 Å². The fourth-order valence-electron chi connectivity index (χ4n) is 4.46. The standard InChI is InChI=1S/C25H40N4O2/c1-3-26-25(27-15-8-17-29-16-6-4-5-10-23(29)30)28-19-22-9-7-18-31-24(22)21-13-11-20(2)12-14-21/h11-14,22,24H,3-10,15-19H2,1-2H3,(H2,26,27,28). The fourth-order valence-corrected chi connectivity index (χ4v) is 4.46. The van der Waals surface area contributed by atoms with Gasteiger partial charge in [0.1, 0.15) is 0 Å². The molecule has 0 aromatic heterocycles. The monoisotopic (exact) mass is 428 g/mol. The minimum atomic E-state index is 0.120. The zero-order valence-corrected chi connectivity index (χ0v) is 19.4. The molecule has 0 aliphatic carbocycles. The van der Waals surface area contributed by atoms with Crippen LogP contribution in [-0.2, 0) is 9.53 Å². The zero-order chi connectivity index (χ0) is 21.9. The number of guanidine groups is 1. The second-order valence-electron chi connectivity index (χ2n) is 8.80. The molecule has 2 aliphatic heterocycles. The molecule has 31 heavy (non-hydrogen) atoms. The van der Waals surface area contributed by atoms with Crippen LogP contribution in [0.3, 0.4) is 0 Å². The van der Waals surface area contributed by atoms with Gasteiger partial charge in [-0.1, -0.05) is 36.2 Å². The number of amides is 1. The highest BCUT2D eigenvalue weighted by Crippen LogP contribution is 2.33. The van der Waals surface area contributed by atoms with Crippen molar-refractivity contribution in [2.24, 2.45) is 10.9 Å². The number of rotatable bonds is 8. The summed E-state index contributed by atoms with van der Waals surface area (Å²) in [4.78, 5) is 19.1. The number of hydrogen-bond acceptors (Lipinski definition) is 3. The molecule has 0 saturated carbocycles. The van der Waals surface area contributed by atoms with Gasteiger partial charge in [-0.25, -0.2) is 0 Å². The Morgan fingerprint density at radius 3 is 2.81 bits per heavy atom. The van der Waals surface area contributed by atoms with Gasteiger partial charge in [0.05, 0.1) is 6.10 Å². The Morgan fingerprint density at radius 2 is 2.00 bits per heavy atom. The van der Waals surface area contributed by atoms with Gasteiger partial charge in [-0.2, -0.15) is 0 Å². The Balaban J connectivity index is 1.50. The van der Waals surface area contributed by atoms with Gasteiger partial charge in [0.15, 0.2) is 5.96 Å². The maximum Gasteiger partial charge on any atom is 0.222 e. The molecule has 3 rings (SSSR count). The van der Waals surface area contributed by atoms with Crippen LogP contribution in [0.4, 0.5) is 0 Å². The molecular formula is C25H40N4O2. The third-order valence-corrected chi connectivity index (χ3v) is 6.25. The molecule has 0 bridgehead atoms. The van der Waals surface area contributed by atoms with Gasteiger partial charge in [0.25, 0.3) is 0 Å². The van der Waals surface area contributed by atoms with Crippen LogP contribution in [0.5, 0.6) is 0 Å². The molecule has 2 fully saturated rings. The molecule has 2 saturated heterocycles. The number of nitrogens with zero attached hydrogens (tertiary/aromatic N) is 2. The summed E-state index contributed by atoms with van der Waals surface area (Å²) in [7, 11) is 0. The summed E-state index contributed by atoms with van der Waals surface area (Å²) < 4.78 is 6.15. The van der Waals surface area contributed by atoms with Crippen molar-refractivity contribution in [3.63, 3.8) is 0 Å². The largest absolute Gasteiger partial charge is 0.373 e. The first-order chi connectivity index (χ1) is 15.2. The smallest absolute Gasteiger partial charge is 0.222 e. The van der Waals surface area contributed by atoms with Crippen LogP contribution in [0, 0.1) is 12.8 Å². The molecule has 6 heteroatoms. The van der Waals surface area contributed by atoms with Crippen molar-refractivity contribution >= 4 is 11.9 Å². The van der Waals surface area contributed by atoms with E-state index in [2.05, 4.69) is 48.7 Å². The van der Waals surface area contributed by atoms with Crippen molar-refractivity contribution in [1.82, 2.24) is 15.5 Å². The van der Waals surface area contributed by atoms with Crippen LogP contribution < -0.4 is 10.6 Å². The lowest BCUT2D eigenvalue weighted by molar-refractivity contribution is -0.130. The second-order valence-corrected chi connectivity index (χ2v) is 8.80. The molecule has 2 aliphatic rings. The fraction of sp³-hybridized carbons (Fsp3) is 0.680. The molecular weight excluding hydrogens is 388 g/mol. The highest BCUT2D eigenvalue weighted by molar-refractivity contribution is 5.79. The van der Waals surface area contributed by atoms with E-state index in [1.807, 2.05) is 4.90 Å². The first-order valence-electron chi connectivity index (χ1n) is 12.2. The third kappa shape index (κ3) is 7.53. The van der Waals surface area contributed by atoms with E-state index in [4.69, 9.17) is 9.73 Å². The molecule has 1 aromatic rings. The Hall–Kier alpha value is -2.08. The predicted molar refractivity (Wildman–Crippen MR) is 126 cm³/mol. The van der Waals surface area contributed by atoms with Gasteiger partial charge in [-0.15, -0.1) is 0 Å². The molecule has 1 aromatic carbocycles. The summed E-state index contributed by atoms with van der Waals surface area (Å²) in [6.07, 6.45) is 7.35. The number of aliphatic imine (C=N–C) groups is 1. The number of benzene rings is 1. The number of nitrogens with one attached hydrogen (secondary N) is 2. The molecule has 2 heterocycles. The molecule has 2 unspecified atom stereocenters.